The summed E-state index contributed by atoms with van der Waals surface area (Å²) in [6, 6.07) is 3.16. The molecular formula is C57H93N9O13. The zero-order valence-corrected chi connectivity index (χ0v) is 49.0. The number of likely N-dealkylation sites (tertiary alicyclic amines) is 1. The van der Waals surface area contributed by atoms with Crippen LogP contribution >= 0.6 is 0 Å². The van der Waals surface area contributed by atoms with Crippen LogP contribution in [-0.2, 0) is 70.2 Å². The van der Waals surface area contributed by atoms with Crippen molar-refractivity contribution in [1.29, 1.82) is 0 Å². The summed E-state index contributed by atoms with van der Waals surface area (Å²) in [4.78, 5) is 122. The Bertz CT molecular complexity index is 2230. The molecule has 0 spiro atoms. The Morgan fingerprint density at radius 2 is 1.23 bits per heavy atom. The van der Waals surface area contributed by atoms with Crippen LogP contribution in [0.25, 0.3) is 0 Å². The number of aliphatic carboxylic acids is 1. The van der Waals surface area contributed by atoms with Crippen LogP contribution in [0.4, 0.5) is 5.69 Å². The number of hydrogen-bond donors (Lipinski definition) is 5. The molecule has 5 rings (SSSR count). The van der Waals surface area contributed by atoms with E-state index >= 15 is 0 Å². The molecule has 444 valence electrons. The van der Waals surface area contributed by atoms with Gasteiger partial charge in [0.25, 0.3) is 0 Å². The van der Waals surface area contributed by atoms with E-state index in [0.717, 1.165) is 55.7 Å². The smallest absolute Gasteiger partial charge is 0.329 e. The highest BCUT2D eigenvalue weighted by Gasteiger charge is 2.44. The molecule has 0 radical (unpaired) electrons. The molecule has 0 saturated carbocycles. The van der Waals surface area contributed by atoms with Crippen LogP contribution in [0.5, 0.6) is 0 Å². The number of benzene rings is 1. The topological polar surface area (TPSA) is 280 Å². The standard InChI is InChI=1S/C38H69N7O9.C19H24N2O4/c1-36(2,3)52-33(49)26-44-20-18-43(19-21-45(23-22-44)27-34(50)53-37(4,5)6)24-28-13-16-42(17-14-28)25-32(48)41-29(35(51)54-38(7,8)9)10-11-31(47)40-15-12-30(39)46;1-3-11(2)9-16(22)20-14-8-7-12-5-4-6-13-10-15(19(24)25)21(17(12)13)18(14)23/h28-29H,10-27H2,1-9H3,(H2,39,46)(H,40,47)(H,41,48);4-6,11,14-15H,3,7-10H2,1-2H3,(H,20,22)(H,24,25). The van der Waals surface area contributed by atoms with Crippen LogP contribution in [0.15, 0.2) is 18.2 Å². The van der Waals surface area contributed by atoms with Crippen molar-refractivity contribution in [3.8, 4) is 0 Å². The summed E-state index contributed by atoms with van der Waals surface area (Å²) < 4.78 is 16.7. The number of amides is 5. The number of primary amides is 1. The van der Waals surface area contributed by atoms with E-state index in [1.165, 1.54) is 4.90 Å². The van der Waals surface area contributed by atoms with E-state index in [4.69, 9.17) is 19.9 Å². The van der Waals surface area contributed by atoms with Crippen molar-refractivity contribution in [2.75, 3.05) is 90.0 Å². The van der Waals surface area contributed by atoms with Gasteiger partial charge in [-0.1, -0.05) is 38.5 Å². The maximum atomic E-state index is 13.2. The predicted molar refractivity (Wildman–Crippen MR) is 297 cm³/mol. The highest BCUT2D eigenvalue weighted by molar-refractivity contribution is 6.06. The first-order valence-corrected chi connectivity index (χ1v) is 28.2. The monoisotopic (exact) mass is 1110 g/mol. The Morgan fingerprint density at radius 3 is 1.75 bits per heavy atom. The molecule has 22 nitrogen and oxygen atoms in total. The summed E-state index contributed by atoms with van der Waals surface area (Å²) in [6.07, 6.45) is 4.51. The molecule has 5 amide bonds. The molecule has 22 heteroatoms. The quantitative estimate of drug-likeness (QED) is 0.0874. The number of nitrogens with zero attached hydrogens (tertiary/aromatic N) is 5. The summed E-state index contributed by atoms with van der Waals surface area (Å²) in [6.45, 7) is 27.3. The lowest BCUT2D eigenvalue weighted by Gasteiger charge is -2.35. The summed E-state index contributed by atoms with van der Waals surface area (Å²) in [5, 5.41) is 17.8. The molecule has 4 aliphatic rings. The third-order valence-corrected chi connectivity index (χ3v) is 14.0. The fraction of sp³-hybridized carbons (Fsp3) is 0.737. The molecule has 2 fully saturated rings. The minimum absolute atomic E-state index is 0.00953. The van der Waals surface area contributed by atoms with Crippen molar-refractivity contribution in [3.63, 3.8) is 0 Å². The van der Waals surface area contributed by atoms with Gasteiger partial charge in [0.1, 0.15) is 34.9 Å². The maximum absolute atomic E-state index is 13.2. The molecular weight excluding hydrogens is 1020 g/mol. The summed E-state index contributed by atoms with van der Waals surface area (Å²) in [7, 11) is 0. The number of ether oxygens (including phenoxy) is 3. The second-order valence-corrected chi connectivity index (χ2v) is 24.6. The van der Waals surface area contributed by atoms with Crippen LogP contribution in [0, 0.1) is 11.8 Å². The SMILES string of the molecule is CC(C)(C)OC(=O)CN1CCN(CC(=O)OC(C)(C)C)CCN(CC2CCN(CC(=O)NC(CCC(=O)NCCC(N)=O)C(=O)OC(C)(C)C)CC2)CC1.CCC(C)CC(=O)NC1CCc2cccc3c2N(C1=O)C(C(=O)O)C3. The number of nitrogens with one attached hydrogen (secondary N) is 3. The highest BCUT2D eigenvalue weighted by atomic mass is 16.6. The molecule has 6 N–H and O–H groups in total. The molecule has 0 aliphatic carbocycles. The average molecular weight is 1110 g/mol. The Labute approximate surface area is 467 Å². The van der Waals surface area contributed by atoms with Crippen molar-refractivity contribution in [1.82, 2.24) is 35.6 Å². The van der Waals surface area contributed by atoms with Gasteiger partial charge in [-0.2, -0.15) is 0 Å². The fourth-order valence-corrected chi connectivity index (χ4v) is 9.92. The van der Waals surface area contributed by atoms with Gasteiger partial charge in [0, 0.05) is 78.0 Å². The fourth-order valence-electron chi connectivity index (χ4n) is 9.92. The number of carboxylic acid groups (broad SMARTS) is 1. The lowest BCUT2D eigenvalue weighted by molar-refractivity contribution is -0.159. The van der Waals surface area contributed by atoms with E-state index in [-0.39, 0.29) is 86.9 Å². The van der Waals surface area contributed by atoms with Gasteiger partial charge >= 0.3 is 23.9 Å². The number of aryl methyl sites for hydroxylation is 1. The Kier molecular flexibility index (Phi) is 25.2. The van der Waals surface area contributed by atoms with E-state index in [1.54, 1.807) is 20.8 Å². The molecule has 4 aliphatic heterocycles. The molecule has 4 unspecified atom stereocenters. The molecule has 79 heavy (non-hydrogen) atoms. The maximum Gasteiger partial charge on any atom is 0.329 e. The first-order valence-electron chi connectivity index (χ1n) is 28.2. The first-order chi connectivity index (χ1) is 36.9. The number of rotatable bonds is 21. The van der Waals surface area contributed by atoms with Gasteiger partial charge in [-0.25, -0.2) is 9.59 Å². The molecule has 1 aromatic carbocycles. The van der Waals surface area contributed by atoms with E-state index in [0.29, 0.717) is 70.9 Å². The highest BCUT2D eigenvalue weighted by Crippen LogP contribution is 2.39. The minimum Gasteiger partial charge on any atom is -0.480 e. The third-order valence-electron chi connectivity index (χ3n) is 14.0. The molecule has 4 heterocycles. The van der Waals surface area contributed by atoms with E-state index in [9.17, 15) is 48.3 Å². The van der Waals surface area contributed by atoms with Gasteiger partial charge in [-0.05, 0) is 130 Å². The van der Waals surface area contributed by atoms with Crippen LogP contribution < -0.4 is 26.6 Å². The second-order valence-electron chi connectivity index (χ2n) is 24.6. The summed E-state index contributed by atoms with van der Waals surface area (Å²) in [5.41, 5.74) is 5.81. The van der Waals surface area contributed by atoms with Crippen molar-refractivity contribution in [3.05, 3.63) is 29.3 Å². The van der Waals surface area contributed by atoms with Crippen LogP contribution in [0.1, 0.15) is 139 Å². The van der Waals surface area contributed by atoms with Crippen LogP contribution in [0.2, 0.25) is 0 Å². The Morgan fingerprint density at radius 1 is 0.696 bits per heavy atom. The zero-order chi connectivity index (χ0) is 58.8. The number of carbonyl (C=O) groups is 9. The number of esters is 3. The third kappa shape index (κ3) is 23.9. The first kappa shape index (κ1) is 65.8. The lowest BCUT2D eigenvalue weighted by atomic mass is 9.96. The molecule has 1 aromatic rings. The predicted octanol–water partition coefficient (Wildman–Crippen LogP) is 2.80. The molecule has 4 atom stereocenters. The lowest BCUT2D eigenvalue weighted by Crippen LogP contribution is -2.52. The molecule has 0 aromatic heterocycles. The Hall–Kier alpha value is -5.71. The number of hydrogen-bond acceptors (Lipinski definition) is 16. The van der Waals surface area contributed by atoms with Crippen molar-refractivity contribution >= 4 is 59.1 Å². The van der Waals surface area contributed by atoms with Crippen molar-refractivity contribution in [2.24, 2.45) is 17.6 Å². The van der Waals surface area contributed by atoms with Crippen molar-refractivity contribution in [2.45, 2.75) is 175 Å². The van der Waals surface area contributed by atoms with Gasteiger partial charge in [0.15, 0.2) is 0 Å². The Balaban J connectivity index is 0.000000443. The summed E-state index contributed by atoms with van der Waals surface area (Å²) in [5.74, 6) is -3.20. The number of anilines is 1. The minimum atomic E-state index is -1.01. The number of piperidine rings is 1. The normalized spacial score (nSPS) is 19.8. The van der Waals surface area contributed by atoms with Crippen molar-refractivity contribution < 1.29 is 62.5 Å². The second kappa shape index (κ2) is 30.2. The largest absolute Gasteiger partial charge is 0.480 e. The number of carbonyl (C=O) groups excluding carboxylic acids is 8. The van der Waals surface area contributed by atoms with Gasteiger partial charge in [-0.15, -0.1) is 0 Å². The molecule has 0 bridgehead atoms. The van der Waals surface area contributed by atoms with Gasteiger partial charge < -0.3 is 45.9 Å². The van der Waals surface area contributed by atoms with Gasteiger partial charge in [0.05, 0.1) is 25.3 Å². The van der Waals surface area contributed by atoms with E-state index < -0.39 is 52.8 Å². The summed E-state index contributed by atoms with van der Waals surface area (Å²) >= 11 is 0. The zero-order valence-electron chi connectivity index (χ0n) is 49.0. The number of nitrogens with two attached hydrogens (primary N) is 1. The molecule has 2 saturated heterocycles. The van der Waals surface area contributed by atoms with Gasteiger partial charge in [0.2, 0.25) is 29.5 Å². The van der Waals surface area contributed by atoms with Crippen LogP contribution in [-0.4, -0.2) is 198 Å². The van der Waals surface area contributed by atoms with Crippen LogP contribution in [0.3, 0.4) is 0 Å². The van der Waals surface area contributed by atoms with E-state index in [2.05, 4.69) is 35.6 Å². The van der Waals surface area contributed by atoms with Gasteiger partial charge in [-0.3, -0.25) is 53.2 Å². The van der Waals surface area contributed by atoms with E-state index in [1.807, 2.05) is 73.6 Å². The average Bonchev–Trinajstić information content (AvgIpc) is 3.93. The number of para-hydroxylation sites is 1. The number of carboxylic acids is 1.